The monoisotopic (exact) mass is 488 g/mol. The fourth-order valence-corrected chi connectivity index (χ4v) is 4.13. The van der Waals surface area contributed by atoms with Gasteiger partial charge in [0.1, 0.15) is 5.75 Å². The van der Waals surface area contributed by atoms with Gasteiger partial charge >= 0.3 is 0 Å². The molecule has 3 aromatic rings. The molecule has 1 aliphatic rings. The maximum atomic E-state index is 12.7. The van der Waals surface area contributed by atoms with E-state index in [1.54, 1.807) is 6.08 Å². The van der Waals surface area contributed by atoms with Crippen LogP contribution in [0.25, 0.3) is 5.57 Å². The number of rotatable bonds is 7. The van der Waals surface area contributed by atoms with Crippen LogP contribution in [0, 0.1) is 0 Å². The molecule has 5 nitrogen and oxygen atoms in total. The minimum absolute atomic E-state index is 0.0999. The molecule has 35 heavy (non-hydrogen) atoms. The van der Waals surface area contributed by atoms with Gasteiger partial charge in [-0.2, -0.15) is 0 Å². The van der Waals surface area contributed by atoms with E-state index in [9.17, 15) is 9.90 Å². The molecule has 3 aromatic carbocycles. The summed E-state index contributed by atoms with van der Waals surface area (Å²) in [6.07, 6.45) is 5.27. The van der Waals surface area contributed by atoms with E-state index in [2.05, 4.69) is 10.6 Å². The summed E-state index contributed by atoms with van der Waals surface area (Å²) in [5, 5.41) is 16.8. The number of β-amino-alcohol motifs (C(OH)–C–C–N with tert-alkyl or cyclic N) is 1. The molecule has 0 spiro atoms. The normalized spacial score (nSPS) is 15.6. The van der Waals surface area contributed by atoms with Gasteiger partial charge in [0.25, 0.3) is 0 Å². The van der Waals surface area contributed by atoms with Crippen molar-refractivity contribution in [1.29, 1.82) is 0 Å². The highest BCUT2D eigenvalue weighted by molar-refractivity contribution is 6.30. The van der Waals surface area contributed by atoms with E-state index in [1.807, 2.05) is 86.7 Å². The molecule has 0 bridgehead atoms. The van der Waals surface area contributed by atoms with Crippen LogP contribution in [0.1, 0.15) is 30.5 Å². The zero-order chi connectivity index (χ0) is 24.8. The Balaban J connectivity index is 1.55. The minimum Gasteiger partial charge on any atom is -0.491 e. The van der Waals surface area contributed by atoms with Crippen molar-refractivity contribution in [1.82, 2.24) is 0 Å². The van der Waals surface area contributed by atoms with Crippen LogP contribution in [0.15, 0.2) is 85.0 Å². The first-order chi connectivity index (χ1) is 16.9. The number of hydrogen-bond donors (Lipinski definition) is 3. The molecule has 180 valence electrons. The number of carbonyl (C=O) groups is 1. The lowest BCUT2D eigenvalue weighted by Gasteiger charge is -2.24. The quantitative estimate of drug-likeness (QED) is 0.278. The van der Waals surface area contributed by atoms with E-state index in [-0.39, 0.29) is 12.0 Å². The molecule has 0 aromatic heterocycles. The van der Waals surface area contributed by atoms with Gasteiger partial charge in [-0.05, 0) is 66.9 Å². The molecule has 4 rings (SSSR count). The van der Waals surface area contributed by atoms with Crippen molar-refractivity contribution in [2.24, 2.45) is 0 Å². The molecule has 1 atom stereocenters. The molecule has 0 aliphatic carbocycles. The van der Waals surface area contributed by atoms with Crippen LogP contribution in [-0.4, -0.2) is 29.8 Å². The van der Waals surface area contributed by atoms with Gasteiger partial charge in [-0.15, -0.1) is 0 Å². The maximum absolute atomic E-state index is 12.7. The van der Waals surface area contributed by atoms with Gasteiger partial charge < -0.3 is 20.5 Å². The standard InChI is InChI=1S/C29H29ClN2O3/c1-19(2)35-24-15-11-21(12-16-24)25(20-9-13-22(30)14-10-20)5-3-8-29(34)32-28-7-4-6-27-26(28)17-23(33)18-31-27/h3-16,19,23,31,33H,17-18H2,1-2H3,(H,32,34). The second-order valence-corrected chi connectivity index (χ2v) is 9.13. The SMILES string of the molecule is CC(C)Oc1ccc(C(=CC=CC(=O)Nc2cccc3c2CC(O)CN3)c2ccc(Cl)cc2)cc1. The summed E-state index contributed by atoms with van der Waals surface area (Å²) in [5.41, 5.74) is 5.47. The van der Waals surface area contributed by atoms with Gasteiger partial charge in [0.15, 0.2) is 0 Å². The van der Waals surface area contributed by atoms with Crippen molar-refractivity contribution >= 4 is 34.5 Å². The Bertz CT molecular complexity index is 1230. The summed E-state index contributed by atoms with van der Waals surface area (Å²) in [7, 11) is 0. The molecule has 0 saturated carbocycles. The summed E-state index contributed by atoms with van der Waals surface area (Å²) in [6.45, 7) is 4.49. The molecule has 1 heterocycles. The number of amides is 1. The van der Waals surface area contributed by atoms with Gasteiger partial charge in [0.05, 0.1) is 12.2 Å². The van der Waals surface area contributed by atoms with E-state index in [1.165, 1.54) is 6.08 Å². The Kier molecular flexibility index (Phi) is 7.91. The zero-order valence-electron chi connectivity index (χ0n) is 19.8. The first-order valence-corrected chi connectivity index (χ1v) is 12.0. The number of anilines is 2. The molecule has 3 N–H and O–H groups in total. The zero-order valence-corrected chi connectivity index (χ0v) is 20.5. The van der Waals surface area contributed by atoms with Crippen molar-refractivity contribution in [2.75, 3.05) is 17.2 Å². The van der Waals surface area contributed by atoms with E-state index in [4.69, 9.17) is 16.3 Å². The van der Waals surface area contributed by atoms with E-state index >= 15 is 0 Å². The number of halogens is 1. The Labute approximate surface area is 211 Å². The predicted octanol–water partition coefficient (Wildman–Crippen LogP) is 6.08. The number of aliphatic hydroxyl groups excluding tert-OH is 1. The number of fused-ring (bicyclic) bond motifs is 1. The average Bonchev–Trinajstić information content (AvgIpc) is 2.83. The first kappa shape index (κ1) is 24.6. The molecule has 1 amide bonds. The third kappa shape index (κ3) is 6.53. The molecular weight excluding hydrogens is 460 g/mol. The van der Waals surface area contributed by atoms with E-state index in [0.29, 0.717) is 23.7 Å². The van der Waals surface area contributed by atoms with Crippen molar-refractivity contribution in [3.63, 3.8) is 0 Å². The van der Waals surface area contributed by atoms with Gasteiger partial charge in [0, 0.05) is 41.0 Å². The summed E-state index contributed by atoms with van der Waals surface area (Å²) < 4.78 is 5.76. The highest BCUT2D eigenvalue weighted by Crippen LogP contribution is 2.29. The van der Waals surface area contributed by atoms with Crippen LogP contribution in [0.5, 0.6) is 5.75 Å². The van der Waals surface area contributed by atoms with Crippen LogP contribution in [-0.2, 0) is 11.2 Å². The highest BCUT2D eigenvalue weighted by Gasteiger charge is 2.19. The van der Waals surface area contributed by atoms with Gasteiger partial charge in [-0.3, -0.25) is 4.79 Å². The van der Waals surface area contributed by atoms with E-state index in [0.717, 1.165) is 33.7 Å². The first-order valence-electron chi connectivity index (χ1n) is 11.7. The van der Waals surface area contributed by atoms with Crippen molar-refractivity contribution in [3.05, 3.63) is 107 Å². The summed E-state index contributed by atoms with van der Waals surface area (Å²) >= 11 is 6.09. The largest absolute Gasteiger partial charge is 0.491 e. The van der Waals surface area contributed by atoms with Gasteiger partial charge in [-0.25, -0.2) is 0 Å². The lowest BCUT2D eigenvalue weighted by atomic mass is 9.97. The summed E-state index contributed by atoms with van der Waals surface area (Å²) in [6, 6.07) is 21.2. The van der Waals surface area contributed by atoms with Crippen LogP contribution in [0.2, 0.25) is 5.02 Å². The molecular formula is C29H29ClN2O3. The van der Waals surface area contributed by atoms with Crippen LogP contribution < -0.4 is 15.4 Å². The van der Waals surface area contributed by atoms with Crippen molar-refractivity contribution < 1.29 is 14.6 Å². The van der Waals surface area contributed by atoms with Crippen LogP contribution in [0.3, 0.4) is 0 Å². The lowest BCUT2D eigenvalue weighted by Crippen LogP contribution is -2.28. The van der Waals surface area contributed by atoms with Gasteiger partial charge in [-0.1, -0.05) is 54.1 Å². The maximum Gasteiger partial charge on any atom is 0.248 e. The van der Waals surface area contributed by atoms with Crippen LogP contribution >= 0.6 is 11.6 Å². The third-order valence-corrected chi connectivity index (χ3v) is 5.86. The second-order valence-electron chi connectivity index (χ2n) is 8.70. The number of carbonyl (C=O) groups excluding carboxylic acids is 1. The topological polar surface area (TPSA) is 70.6 Å². The Morgan fingerprint density at radius 1 is 1.09 bits per heavy atom. The third-order valence-electron chi connectivity index (χ3n) is 5.60. The minimum atomic E-state index is -0.474. The summed E-state index contributed by atoms with van der Waals surface area (Å²) in [4.78, 5) is 12.7. The molecule has 1 unspecified atom stereocenters. The molecule has 0 fully saturated rings. The van der Waals surface area contributed by atoms with Crippen molar-refractivity contribution in [3.8, 4) is 5.75 Å². The number of aliphatic hydroxyl groups is 1. The number of benzene rings is 3. The Hall–Kier alpha value is -3.54. The molecule has 1 aliphatic heterocycles. The van der Waals surface area contributed by atoms with E-state index < -0.39 is 6.10 Å². The Morgan fingerprint density at radius 2 is 1.77 bits per heavy atom. The lowest BCUT2D eigenvalue weighted by molar-refractivity contribution is -0.111. The van der Waals surface area contributed by atoms with Crippen molar-refractivity contribution in [2.45, 2.75) is 32.5 Å². The number of allylic oxidation sites excluding steroid dienone is 2. The summed E-state index contributed by atoms with van der Waals surface area (Å²) in [5.74, 6) is 0.561. The number of nitrogens with one attached hydrogen (secondary N) is 2. The average molecular weight is 489 g/mol. The van der Waals surface area contributed by atoms with Gasteiger partial charge in [0.2, 0.25) is 5.91 Å². The number of ether oxygens (including phenoxy) is 1. The molecule has 0 saturated heterocycles. The fourth-order valence-electron chi connectivity index (χ4n) is 4.00. The smallest absolute Gasteiger partial charge is 0.248 e. The Morgan fingerprint density at radius 3 is 2.46 bits per heavy atom. The molecule has 0 radical (unpaired) electrons. The number of hydrogen-bond acceptors (Lipinski definition) is 4. The predicted molar refractivity (Wildman–Crippen MR) is 143 cm³/mol. The highest BCUT2D eigenvalue weighted by atomic mass is 35.5. The second kappa shape index (κ2) is 11.3. The van der Waals surface area contributed by atoms with Crippen LogP contribution in [0.4, 0.5) is 11.4 Å². The fraction of sp³-hybridized carbons (Fsp3) is 0.207. The molecule has 6 heteroatoms.